The van der Waals surface area contributed by atoms with Gasteiger partial charge in [-0.1, -0.05) is 24.3 Å². The summed E-state index contributed by atoms with van der Waals surface area (Å²) < 4.78 is 18.8. The van der Waals surface area contributed by atoms with Crippen LogP contribution < -0.4 is 14.0 Å². The fourth-order valence-electron chi connectivity index (χ4n) is 2.10. The summed E-state index contributed by atoms with van der Waals surface area (Å²) in [6.45, 7) is 0. The molecule has 0 saturated carbocycles. The van der Waals surface area contributed by atoms with Gasteiger partial charge in [-0.25, -0.2) is 4.21 Å². The van der Waals surface area contributed by atoms with Crippen molar-refractivity contribution >= 4 is 31.3 Å². The van der Waals surface area contributed by atoms with Gasteiger partial charge in [0.25, 0.3) is 0 Å². The van der Waals surface area contributed by atoms with E-state index in [1.807, 2.05) is 74.4 Å². The third kappa shape index (κ3) is 3.51. The highest BCUT2D eigenvalue weighted by molar-refractivity contribution is 8.30. The van der Waals surface area contributed by atoms with Gasteiger partial charge >= 0.3 is 0 Å². The first kappa shape index (κ1) is 16.6. The van der Waals surface area contributed by atoms with E-state index < -0.39 is 8.77 Å². The van der Waals surface area contributed by atoms with E-state index >= 15 is 0 Å². The zero-order valence-electron chi connectivity index (χ0n) is 13.1. The normalized spacial score (nSPS) is 13.3. The molecule has 2 rings (SSSR count). The summed E-state index contributed by atoms with van der Waals surface area (Å²) in [6.07, 6.45) is 0. The Morgan fingerprint density at radius 3 is 1.95 bits per heavy atom. The van der Waals surface area contributed by atoms with Gasteiger partial charge in [-0.2, -0.15) is 0 Å². The molecular weight excluding hydrogens is 316 g/mol. The van der Waals surface area contributed by atoms with Gasteiger partial charge in [-0.15, -0.1) is 0 Å². The van der Waals surface area contributed by atoms with E-state index in [0.717, 1.165) is 11.4 Å². The van der Waals surface area contributed by atoms with Gasteiger partial charge in [0.1, 0.15) is 4.90 Å². The van der Waals surface area contributed by atoms with Crippen molar-refractivity contribution in [1.29, 1.82) is 0 Å². The summed E-state index contributed by atoms with van der Waals surface area (Å²) in [5.74, 6) is 0.515. The lowest BCUT2D eigenvalue weighted by atomic mass is 10.3. The van der Waals surface area contributed by atoms with Crippen LogP contribution >= 0.6 is 0 Å². The van der Waals surface area contributed by atoms with Crippen molar-refractivity contribution in [2.75, 3.05) is 38.0 Å². The molecule has 0 N–H and O–H groups in total. The van der Waals surface area contributed by atoms with Gasteiger partial charge in [0, 0.05) is 39.4 Å². The van der Waals surface area contributed by atoms with Crippen molar-refractivity contribution in [2.45, 2.75) is 4.90 Å². The van der Waals surface area contributed by atoms with Crippen molar-refractivity contribution in [3.63, 3.8) is 0 Å². The average molecular weight is 336 g/mol. The fraction of sp³-hybridized carbons (Fsp3) is 0.250. The van der Waals surface area contributed by atoms with E-state index in [0.29, 0.717) is 10.6 Å². The SMILES string of the molecule is CN(C)c1ccccc1OS(=O)(=S)c1ccccc1N(C)C. The molecule has 2 aromatic carbocycles. The summed E-state index contributed by atoms with van der Waals surface area (Å²) in [5, 5.41) is 0. The van der Waals surface area contributed by atoms with Crippen LogP contribution in [0.2, 0.25) is 0 Å². The molecule has 2 aromatic rings. The van der Waals surface area contributed by atoms with Crippen molar-refractivity contribution in [2.24, 2.45) is 0 Å². The second-order valence-corrected chi connectivity index (χ2v) is 8.09. The third-order valence-corrected chi connectivity index (χ3v) is 5.19. The standard InChI is InChI=1S/C16H20N2O2S2/c1-17(2)13-9-5-7-11-15(13)20-22(19,21)16-12-8-6-10-14(16)18(3)4/h5-12H,1-4H3. The summed E-state index contributed by atoms with van der Waals surface area (Å²) in [7, 11) is 4.50. The topological polar surface area (TPSA) is 32.8 Å². The highest BCUT2D eigenvalue weighted by atomic mass is 32.8. The van der Waals surface area contributed by atoms with Crippen LogP contribution in [0.1, 0.15) is 0 Å². The van der Waals surface area contributed by atoms with Crippen molar-refractivity contribution in [3.05, 3.63) is 48.5 Å². The Kier molecular flexibility index (Phi) is 4.93. The molecular formula is C16H20N2O2S2. The summed E-state index contributed by atoms with van der Waals surface area (Å²) >= 11 is 5.31. The molecule has 0 fully saturated rings. The maximum absolute atomic E-state index is 13.0. The molecule has 4 nitrogen and oxygen atoms in total. The third-order valence-electron chi connectivity index (χ3n) is 3.16. The van der Waals surface area contributed by atoms with Crippen LogP contribution in [-0.2, 0) is 20.0 Å². The summed E-state index contributed by atoms with van der Waals surface area (Å²) in [6, 6.07) is 14.8. The second kappa shape index (κ2) is 6.54. The lowest BCUT2D eigenvalue weighted by molar-refractivity contribution is 0.559. The zero-order chi connectivity index (χ0) is 16.3. The highest BCUT2D eigenvalue weighted by Crippen LogP contribution is 2.32. The van der Waals surface area contributed by atoms with Crippen molar-refractivity contribution in [1.82, 2.24) is 0 Å². The lowest BCUT2D eigenvalue weighted by Crippen LogP contribution is -2.17. The van der Waals surface area contributed by atoms with E-state index in [-0.39, 0.29) is 0 Å². The Morgan fingerprint density at radius 1 is 0.864 bits per heavy atom. The second-order valence-electron chi connectivity index (χ2n) is 5.26. The Hall–Kier alpha value is -1.79. The molecule has 0 aliphatic carbocycles. The monoisotopic (exact) mass is 336 g/mol. The largest absolute Gasteiger partial charge is 0.395 e. The van der Waals surface area contributed by atoms with E-state index in [2.05, 4.69) is 0 Å². The van der Waals surface area contributed by atoms with E-state index in [4.69, 9.17) is 15.4 Å². The summed E-state index contributed by atoms with van der Waals surface area (Å²) in [4.78, 5) is 4.30. The zero-order valence-corrected chi connectivity index (χ0v) is 14.8. The van der Waals surface area contributed by atoms with Gasteiger partial charge < -0.3 is 14.0 Å². The van der Waals surface area contributed by atoms with E-state index in [1.54, 1.807) is 12.1 Å². The minimum Gasteiger partial charge on any atom is -0.395 e. The first-order chi connectivity index (χ1) is 10.3. The number of rotatable bonds is 5. The Balaban J connectivity index is 2.46. The van der Waals surface area contributed by atoms with Gasteiger partial charge in [-0.3, -0.25) is 0 Å². The predicted octanol–water partition coefficient (Wildman–Crippen LogP) is 2.92. The number of hydrogen-bond acceptors (Lipinski definition) is 5. The van der Waals surface area contributed by atoms with Crippen LogP contribution in [0.15, 0.2) is 53.4 Å². The molecule has 1 atom stereocenters. The first-order valence-corrected chi connectivity index (χ1v) is 9.21. The molecule has 0 heterocycles. The highest BCUT2D eigenvalue weighted by Gasteiger charge is 2.19. The maximum atomic E-state index is 13.0. The van der Waals surface area contributed by atoms with E-state index in [9.17, 15) is 4.21 Å². The average Bonchev–Trinajstić information content (AvgIpc) is 2.47. The van der Waals surface area contributed by atoms with Gasteiger partial charge in [-0.05, 0) is 24.3 Å². The van der Waals surface area contributed by atoms with Crippen LogP contribution in [0, 0.1) is 0 Å². The molecule has 22 heavy (non-hydrogen) atoms. The number of benzene rings is 2. The molecule has 0 amide bonds. The molecule has 6 heteroatoms. The fourth-order valence-corrected chi connectivity index (χ4v) is 3.96. The number of para-hydroxylation sites is 3. The molecule has 0 bridgehead atoms. The molecule has 118 valence electrons. The Morgan fingerprint density at radius 2 is 1.36 bits per heavy atom. The van der Waals surface area contributed by atoms with Crippen LogP contribution in [0.3, 0.4) is 0 Å². The molecule has 0 spiro atoms. The molecule has 0 saturated heterocycles. The number of anilines is 2. The predicted molar refractivity (Wildman–Crippen MR) is 95.9 cm³/mol. The smallest absolute Gasteiger partial charge is 0.217 e. The van der Waals surface area contributed by atoms with Crippen LogP contribution in [0.25, 0.3) is 0 Å². The maximum Gasteiger partial charge on any atom is 0.217 e. The number of nitrogens with zero attached hydrogens (tertiary/aromatic N) is 2. The van der Waals surface area contributed by atoms with Crippen LogP contribution in [0.5, 0.6) is 5.75 Å². The lowest BCUT2D eigenvalue weighted by Gasteiger charge is -2.21. The van der Waals surface area contributed by atoms with Gasteiger partial charge in [0.15, 0.2) is 5.75 Å². The van der Waals surface area contributed by atoms with Gasteiger partial charge in [0.2, 0.25) is 8.77 Å². The molecule has 0 aromatic heterocycles. The Labute approximate surface area is 137 Å². The van der Waals surface area contributed by atoms with Crippen molar-refractivity contribution in [3.8, 4) is 5.75 Å². The van der Waals surface area contributed by atoms with Crippen LogP contribution in [-0.4, -0.2) is 32.4 Å². The summed E-state index contributed by atoms with van der Waals surface area (Å²) in [5.41, 5.74) is 1.63. The number of hydrogen-bond donors (Lipinski definition) is 0. The molecule has 0 radical (unpaired) electrons. The quantitative estimate of drug-likeness (QED) is 0.838. The Bertz CT molecular complexity index is 756. The van der Waals surface area contributed by atoms with Crippen molar-refractivity contribution < 1.29 is 8.39 Å². The molecule has 0 aliphatic heterocycles. The van der Waals surface area contributed by atoms with E-state index in [1.165, 1.54) is 0 Å². The van der Waals surface area contributed by atoms with Gasteiger partial charge in [0.05, 0.1) is 11.4 Å². The minimum absolute atomic E-state index is 0.515. The van der Waals surface area contributed by atoms with Crippen LogP contribution in [0.4, 0.5) is 11.4 Å². The molecule has 0 aliphatic rings. The first-order valence-electron chi connectivity index (χ1n) is 6.80. The molecule has 1 unspecified atom stereocenters. The minimum atomic E-state index is -3.08.